The molecular weight excluding hydrogens is 1090 g/mol. The third-order valence-corrected chi connectivity index (χ3v) is 16.8. The number of aromatic nitrogens is 3. The summed E-state index contributed by atoms with van der Waals surface area (Å²) in [6.45, 7) is 5.96. The van der Waals surface area contributed by atoms with Crippen molar-refractivity contribution in [2.75, 3.05) is 16.5 Å². The molecule has 16 rings (SSSR count). The van der Waals surface area contributed by atoms with Crippen molar-refractivity contribution in [3.05, 3.63) is 309 Å². The Labute approximate surface area is 531 Å². The fourth-order valence-corrected chi connectivity index (χ4v) is 12.7. The second-order valence-electron chi connectivity index (χ2n) is 23.2. The summed E-state index contributed by atoms with van der Waals surface area (Å²) >= 11 is 0. The second-order valence-corrected chi connectivity index (χ2v) is 23.2. The molecule has 0 fully saturated rings. The molecule has 3 aromatic heterocycles. The van der Waals surface area contributed by atoms with Crippen LogP contribution in [-0.4, -0.2) is 20.8 Å². The highest BCUT2D eigenvalue weighted by Gasteiger charge is 2.33. The summed E-state index contributed by atoms with van der Waals surface area (Å²) in [5.41, 5.74) is 11.4. The van der Waals surface area contributed by atoms with Crippen LogP contribution in [0, 0.1) is 0 Å². The van der Waals surface area contributed by atoms with Gasteiger partial charge in [-0.3, -0.25) is 4.57 Å². The Kier molecular flexibility index (Phi) is 10.6. The summed E-state index contributed by atoms with van der Waals surface area (Å²) in [4.78, 5) is 9.04. The normalized spacial score (nSPS) is 13.9. The fraction of sp³-hybridized carbons (Fsp3) is 0.0610. The van der Waals surface area contributed by atoms with Gasteiger partial charge in [-0.15, -0.1) is 0 Å². The molecule has 0 atom stereocenters. The summed E-state index contributed by atoms with van der Waals surface area (Å²) in [5, 5.41) is 4.33. The molecule has 0 saturated heterocycles. The minimum Gasteiger partial charge on any atom is -0.457 e. The molecule has 0 radical (unpaired) electrons. The maximum absolute atomic E-state index is 9.37. The van der Waals surface area contributed by atoms with E-state index in [0.29, 0.717) is 45.8 Å². The molecule has 12 aromatic carbocycles. The number of para-hydroxylation sites is 5. The minimum atomic E-state index is -0.636. The van der Waals surface area contributed by atoms with Gasteiger partial charge in [0.2, 0.25) is 0 Å². The van der Waals surface area contributed by atoms with E-state index in [0.717, 1.165) is 66.5 Å². The van der Waals surface area contributed by atoms with Crippen molar-refractivity contribution in [1.29, 1.82) is 0 Å². The monoisotopic (exact) mass is 1160 g/mol. The van der Waals surface area contributed by atoms with Gasteiger partial charge in [0, 0.05) is 79.6 Å². The van der Waals surface area contributed by atoms with Crippen LogP contribution in [0.2, 0.25) is 0 Å². The third-order valence-electron chi connectivity index (χ3n) is 16.8. The lowest BCUT2D eigenvalue weighted by Crippen LogP contribution is -2.25. The molecule has 0 spiro atoms. The van der Waals surface area contributed by atoms with Crippen LogP contribution in [0.15, 0.2) is 303 Å². The van der Waals surface area contributed by atoms with Crippen LogP contribution in [0.5, 0.6) is 23.0 Å². The Morgan fingerprint density at radius 3 is 1.47 bits per heavy atom. The third kappa shape index (κ3) is 9.52. The number of ether oxygens (including phenoxy) is 2. The molecule has 7 heteroatoms. The summed E-state index contributed by atoms with van der Waals surface area (Å²) in [6.07, 6.45) is 1.78. The highest BCUT2D eigenvalue weighted by Crippen LogP contribution is 2.52. The number of fused-ring (bicyclic) bond motifs is 7. The van der Waals surface area contributed by atoms with Gasteiger partial charge >= 0.3 is 0 Å². The Bertz CT molecular complexity index is 5550. The number of nitrogens with zero attached hydrogens (tertiary/aromatic N) is 5. The van der Waals surface area contributed by atoms with Gasteiger partial charge in [0.05, 0.1) is 52.8 Å². The van der Waals surface area contributed by atoms with Crippen molar-refractivity contribution >= 4 is 66.4 Å². The number of hydrogen-bond acceptors (Lipinski definition) is 5. The molecule has 1 aliphatic rings. The molecule has 0 aliphatic carbocycles. The van der Waals surface area contributed by atoms with Gasteiger partial charge in [0.1, 0.15) is 35.5 Å². The second kappa shape index (κ2) is 21.8. The maximum Gasteiger partial charge on any atom is 0.143 e. The quantitative estimate of drug-likeness (QED) is 0.122. The first-order chi connectivity index (χ1) is 47.9. The molecule has 15 aromatic rings. The topological polar surface area (TPSA) is 47.7 Å². The lowest BCUT2D eigenvalue weighted by atomic mass is 9.82. The maximum atomic E-state index is 9.37. The van der Waals surface area contributed by atoms with E-state index in [1.54, 1.807) is 18.3 Å². The average Bonchev–Trinajstić information content (AvgIpc) is 1.72. The molecule has 0 N–H and O–H groups in total. The summed E-state index contributed by atoms with van der Waals surface area (Å²) in [5.74, 6) is 2.95. The van der Waals surface area contributed by atoms with Crippen LogP contribution in [0.3, 0.4) is 0 Å². The standard InChI is InChI=1S/C82H61N5O2/c1-82(2,3)59-47-69(55-25-8-4-9-26-55)80(70(48-59)56-27-10-5-11-28-56)85-54-84(76-41-22-23-42-77(76)85)60-33-24-34-62(49-60)88-63-43-44-68-67-37-18-21-40-75(67)87(78(68)52-63)79-53-64(45-46-83-79)89-81-71(57-29-12-6-13-30-57)50-61(51-72(81)58-31-14-7-15-32-58)86-73-38-19-16-35-65(73)66-36-17-20-39-74(66)86/h4-53H,54H2,1-3H3/i4D,5D,8D,9D,10D,11D,25D,26D,27D,28D. The van der Waals surface area contributed by atoms with Gasteiger partial charge in [-0.25, -0.2) is 4.98 Å². The fourth-order valence-electron chi connectivity index (χ4n) is 12.7. The molecular formula is C82H61N5O2. The SMILES string of the molecule is [2H]c1c([2H])c([2H])c(-c2cc(C(C)(C)C)cc(-c3c([2H])c([2H])c([2H])c([2H])c3[2H])c2N2CN(c3cccc(Oc4ccc5c6ccccc6n(-c6cc(Oc7c(-c8ccccc8)cc(-n8c9ccccc9c9ccccc98)cc7-c7ccccc7)ccn6)c5c4)c3)c3ccccc32)c([2H])c1[2H]. The van der Waals surface area contributed by atoms with Gasteiger partial charge in [-0.1, -0.05) is 215 Å². The lowest BCUT2D eigenvalue weighted by molar-refractivity contribution is 0.483. The minimum absolute atomic E-state index is 0.0753. The van der Waals surface area contributed by atoms with Gasteiger partial charge in [0.25, 0.3) is 0 Å². The van der Waals surface area contributed by atoms with Crippen LogP contribution in [0.25, 0.3) is 99.6 Å². The number of pyridine rings is 1. The molecule has 0 saturated carbocycles. The molecule has 4 heterocycles. The van der Waals surface area contributed by atoms with E-state index >= 15 is 0 Å². The van der Waals surface area contributed by atoms with Crippen molar-refractivity contribution in [2.24, 2.45) is 0 Å². The summed E-state index contributed by atoms with van der Waals surface area (Å²) in [7, 11) is 0. The largest absolute Gasteiger partial charge is 0.457 e. The van der Waals surface area contributed by atoms with Crippen molar-refractivity contribution in [3.63, 3.8) is 0 Å². The van der Waals surface area contributed by atoms with E-state index in [1.165, 1.54) is 10.8 Å². The van der Waals surface area contributed by atoms with Crippen molar-refractivity contribution in [3.8, 4) is 79.0 Å². The van der Waals surface area contributed by atoms with Crippen LogP contribution in [0.1, 0.15) is 40.0 Å². The Hall–Kier alpha value is -11.4. The number of hydrogen-bond donors (Lipinski definition) is 0. The highest BCUT2D eigenvalue weighted by molar-refractivity contribution is 6.11. The van der Waals surface area contributed by atoms with Gasteiger partial charge < -0.3 is 23.8 Å². The first-order valence-corrected chi connectivity index (χ1v) is 29.6. The Balaban J connectivity index is 0.788. The number of benzene rings is 12. The predicted octanol–water partition coefficient (Wildman–Crippen LogP) is 22.1. The van der Waals surface area contributed by atoms with Crippen LogP contribution >= 0.6 is 0 Å². The lowest BCUT2D eigenvalue weighted by Gasteiger charge is -2.30. The highest BCUT2D eigenvalue weighted by atomic mass is 16.5. The summed E-state index contributed by atoms with van der Waals surface area (Å²) in [6, 6.07) is 74.2. The zero-order chi connectivity index (χ0) is 68.3. The molecule has 0 amide bonds. The summed E-state index contributed by atoms with van der Waals surface area (Å²) < 4.78 is 109. The predicted molar refractivity (Wildman–Crippen MR) is 368 cm³/mol. The molecule has 0 bridgehead atoms. The van der Waals surface area contributed by atoms with Gasteiger partial charge in [-0.2, -0.15) is 0 Å². The molecule has 1 aliphatic heterocycles. The van der Waals surface area contributed by atoms with E-state index in [1.807, 2.05) is 123 Å². The molecule has 0 unspecified atom stereocenters. The smallest absolute Gasteiger partial charge is 0.143 e. The number of rotatable bonds is 12. The first kappa shape index (κ1) is 43.2. The van der Waals surface area contributed by atoms with E-state index in [2.05, 4.69) is 141 Å². The molecule has 7 nitrogen and oxygen atoms in total. The molecule has 89 heavy (non-hydrogen) atoms. The van der Waals surface area contributed by atoms with E-state index in [-0.39, 0.29) is 34.6 Å². The van der Waals surface area contributed by atoms with Crippen LogP contribution in [0.4, 0.5) is 22.7 Å². The average molecular weight is 1160 g/mol. The van der Waals surface area contributed by atoms with Crippen LogP contribution < -0.4 is 19.3 Å². The van der Waals surface area contributed by atoms with Gasteiger partial charge in [0.15, 0.2) is 0 Å². The Morgan fingerprint density at radius 1 is 0.382 bits per heavy atom. The van der Waals surface area contributed by atoms with Gasteiger partial charge in [-0.05, 0) is 118 Å². The van der Waals surface area contributed by atoms with Crippen molar-refractivity contribution in [1.82, 2.24) is 14.1 Å². The zero-order valence-corrected chi connectivity index (χ0v) is 48.9. The first-order valence-electron chi connectivity index (χ1n) is 34.6. The van der Waals surface area contributed by atoms with Crippen molar-refractivity contribution < 1.29 is 23.2 Å². The van der Waals surface area contributed by atoms with Crippen molar-refractivity contribution in [2.45, 2.75) is 26.2 Å². The van der Waals surface area contributed by atoms with E-state index < -0.39 is 65.8 Å². The molecule has 426 valence electrons. The van der Waals surface area contributed by atoms with Crippen LogP contribution in [-0.2, 0) is 5.41 Å². The van der Waals surface area contributed by atoms with E-state index in [4.69, 9.17) is 22.7 Å². The van der Waals surface area contributed by atoms with E-state index in [9.17, 15) is 5.48 Å². The zero-order valence-electron chi connectivity index (χ0n) is 58.9. The Morgan fingerprint density at radius 2 is 0.888 bits per heavy atom. The number of anilines is 4.